The molecule has 2 saturated heterocycles. The average molecular weight is 503 g/mol. The lowest BCUT2D eigenvalue weighted by molar-refractivity contribution is -0.135. The highest BCUT2D eigenvalue weighted by Crippen LogP contribution is 2.30. The maximum absolute atomic E-state index is 12.8. The lowest BCUT2D eigenvalue weighted by atomic mass is 10.0. The van der Waals surface area contributed by atoms with Crippen molar-refractivity contribution < 1.29 is 9.90 Å². The van der Waals surface area contributed by atoms with Gasteiger partial charge in [-0.1, -0.05) is 6.07 Å². The third-order valence-electron chi connectivity index (χ3n) is 7.66. The standard InChI is InChI=1S/C27H34N8O2/c1-17(36)22-13-20-15-29-27(33-24(20)25(31-22)34-10-3-2-4-11-34)32-23-6-5-19-16-35(12-8-21(19)30-23)26(37)18-7-9-28-14-18/h5-6,13,15,17-18,28,36H,2-4,7-12,14,16H2,1H3,(H,29,30,32,33)/t17-,18+/m1/s1. The first kappa shape index (κ1) is 24.0. The number of piperidine rings is 1. The molecule has 194 valence electrons. The Morgan fingerprint density at radius 3 is 2.81 bits per heavy atom. The van der Waals surface area contributed by atoms with E-state index >= 15 is 0 Å². The highest BCUT2D eigenvalue weighted by molar-refractivity contribution is 5.89. The Hall–Kier alpha value is -3.37. The molecule has 0 unspecified atom stereocenters. The van der Waals surface area contributed by atoms with Crippen molar-refractivity contribution in [2.24, 2.45) is 5.92 Å². The van der Waals surface area contributed by atoms with Gasteiger partial charge in [-0.3, -0.25) is 4.79 Å². The highest BCUT2D eigenvalue weighted by Gasteiger charge is 2.29. The van der Waals surface area contributed by atoms with E-state index in [1.807, 2.05) is 23.1 Å². The van der Waals surface area contributed by atoms with E-state index in [1.165, 1.54) is 6.42 Å². The van der Waals surface area contributed by atoms with Gasteiger partial charge in [-0.15, -0.1) is 0 Å². The lowest BCUT2D eigenvalue weighted by Gasteiger charge is -2.30. The van der Waals surface area contributed by atoms with Crippen LogP contribution in [0, 0.1) is 5.92 Å². The number of hydrogen-bond acceptors (Lipinski definition) is 9. The molecule has 0 aliphatic carbocycles. The van der Waals surface area contributed by atoms with Gasteiger partial charge in [0.05, 0.1) is 17.7 Å². The van der Waals surface area contributed by atoms with Crippen molar-refractivity contribution in [3.8, 4) is 0 Å². The Kier molecular flexibility index (Phi) is 6.60. The SMILES string of the molecule is C[C@@H](O)c1cc2cnc(Nc3ccc4c(n3)CCN(C(=O)[C@H]3CCNC3)C4)nc2c(N2CCCCC2)n1. The minimum absolute atomic E-state index is 0.0986. The molecule has 37 heavy (non-hydrogen) atoms. The molecule has 3 N–H and O–H groups in total. The Morgan fingerprint density at radius 1 is 1.16 bits per heavy atom. The summed E-state index contributed by atoms with van der Waals surface area (Å²) in [6.45, 7) is 6.61. The van der Waals surface area contributed by atoms with Crippen LogP contribution in [0.2, 0.25) is 0 Å². The number of nitrogens with one attached hydrogen (secondary N) is 2. The molecule has 3 aliphatic heterocycles. The summed E-state index contributed by atoms with van der Waals surface area (Å²) in [5.41, 5.74) is 3.51. The molecule has 6 heterocycles. The van der Waals surface area contributed by atoms with Gasteiger partial charge in [0.25, 0.3) is 0 Å². The molecule has 3 aromatic rings. The summed E-state index contributed by atoms with van der Waals surface area (Å²) in [6, 6.07) is 5.84. The molecule has 3 aliphatic rings. The molecule has 0 aromatic carbocycles. The largest absolute Gasteiger partial charge is 0.387 e. The van der Waals surface area contributed by atoms with E-state index in [1.54, 1.807) is 13.1 Å². The summed E-state index contributed by atoms with van der Waals surface area (Å²) in [7, 11) is 0. The fraction of sp³-hybridized carbons (Fsp3) is 0.519. The average Bonchev–Trinajstić information content (AvgIpc) is 3.47. The Labute approximate surface area is 216 Å². The summed E-state index contributed by atoms with van der Waals surface area (Å²) >= 11 is 0. The van der Waals surface area contributed by atoms with Crippen LogP contribution in [0.25, 0.3) is 10.9 Å². The molecule has 10 heteroatoms. The van der Waals surface area contributed by atoms with Gasteiger partial charge in [0.2, 0.25) is 11.9 Å². The zero-order valence-electron chi connectivity index (χ0n) is 21.3. The van der Waals surface area contributed by atoms with Gasteiger partial charge < -0.3 is 25.5 Å². The summed E-state index contributed by atoms with van der Waals surface area (Å²) in [5, 5.41) is 17.6. The van der Waals surface area contributed by atoms with E-state index in [2.05, 4.69) is 20.5 Å². The minimum Gasteiger partial charge on any atom is -0.387 e. The smallest absolute Gasteiger partial charge is 0.229 e. The zero-order chi connectivity index (χ0) is 25.4. The monoisotopic (exact) mass is 502 g/mol. The maximum Gasteiger partial charge on any atom is 0.229 e. The number of aliphatic hydroxyl groups is 1. The topological polar surface area (TPSA) is 119 Å². The first-order chi connectivity index (χ1) is 18.0. The van der Waals surface area contributed by atoms with Crippen LogP contribution < -0.4 is 15.5 Å². The molecular formula is C27H34N8O2. The molecule has 2 fully saturated rings. The maximum atomic E-state index is 12.8. The van der Waals surface area contributed by atoms with Gasteiger partial charge in [0.15, 0.2) is 5.82 Å². The Bertz CT molecular complexity index is 1300. The van der Waals surface area contributed by atoms with Crippen molar-refractivity contribution in [3.05, 3.63) is 41.3 Å². The van der Waals surface area contributed by atoms with Crippen molar-refractivity contribution in [1.29, 1.82) is 0 Å². The number of rotatable bonds is 5. The number of aromatic nitrogens is 4. The van der Waals surface area contributed by atoms with Crippen LogP contribution in [0.15, 0.2) is 24.4 Å². The second kappa shape index (κ2) is 10.2. The van der Waals surface area contributed by atoms with Gasteiger partial charge >= 0.3 is 0 Å². The van der Waals surface area contributed by atoms with E-state index in [0.29, 0.717) is 30.5 Å². The van der Waals surface area contributed by atoms with Crippen molar-refractivity contribution in [3.63, 3.8) is 0 Å². The molecular weight excluding hydrogens is 468 g/mol. The van der Waals surface area contributed by atoms with E-state index < -0.39 is 6.10 Å². The second-order valence-electron chi connectivity index (χ2n) is 10.4. The summed E-state index contributed by atoms with van der Waals surface area (Å²) in [5.74, 6) is 2.30. The number of aliphatic hydroxyl groups excluding tert-OH is 1. The van der Waals surface area contributed by atoms with E-state index in [-0.39, 0.29) is 11.8 Å². The van der Waals surface area contributed by atoms with Crippen LogP contribution in [0.3, 0.4) is 0 Å². The first-order valence-electron chi connectivity index (χ1n) is 13.4. The van der Waals surface area contributed by atoms with Crippen LogP contribution in [-0.2, 0) is 17.8 Å². The Balaban J connectivity index is 1.23. The fourth-order valence-corrected chi connectivity index (χ4v) is 5.56. The zero-order valence-corrected chi connectivity index (χ0v) is 21.3. The fourth-order valence-electron chi connectivity index (χ4n) is 5.56. The van der Waals surface area contributed by atoms with Crippen LogP contribution >= 0.6 is 0 Å². The van der Waals surface area contributed by atoms with Crippen LogP contribution in [-0.4, -0.2) is 68.6 Å². The molecule has 0 spiro atoms. The van der Waals surface area contributed by atoms with Crippen molar-refractivity contribution >= 4 is 34.4 Å². The summed E-state index contributed by atoms with van der Waals surface area (Å²) in [4.78, 5) is 36.1. The normalized spacial score (nSPS) is 20.6. The van der Waals surface area contributed by atoms with Gasteiger partial charge in [0, 0.05) is 56.4 Å². The van der Waals surface area contributed by atoms with E-state index in [9.17, 15) is 9.90 Å². The number of carbonyl (C=O) groups is 1. The molecule has 1 amide bonds. The summed E-state index contributed by atoms with van der Waals surface area (Å²) < 4.78 is 0. The number of amides is 1. The molecule has 3 aromatic heterocycles. The van der Waals surface area contributed by atoms with Crippen molar-refractivity contribution in [2.75, 3.05) is 42.9 Å². The molecule has 0 radical (unpaired) electrons. The predicted octanol–water partition coefficient (Wildman–Crippen LogP) is 2.70. The first-order valence-corrected chi connectivity index (χ1v) is 13.4. The number of fused-ring (bicyclic) bond motifs is 2. The highest BCUT2D eigenvalue weighted by atomic mass is 16.3. The lowest BCUT2D eigenvalue weighted by Crippen LogP contribution is -2.40. The second-order valence-corrected chi connectivity index (χ2v) is 10.4. The Morgan fingerprint density at radius 2 is 2.03 bits per heavy atom. The number of anilines is 3. The van der Waals surface area contributed by atoms with Crippen molar-refractivity contribution in [2.45, 2.75) is 51.7 Å². The number of carbonyl (C=O) groups excluding carboxylic acids is 1. The summed E-state index contributed by atoms with van der Waals surface area (Å²) in [6.07, 6.45) is 6.25. The molecule has 0 bridgehead atoms. The molecule has 6 rings (SSSR count). The van der Waals surface area contributed by atoms with Crippen LogP contribution in [0.1, 0.15) is 55.7 Å². The van der Waals surface area contributed by atoms with Gasteiger partial charge in [-0.25, -0.2) is 19.9 Å². The van der Waals surface area contributed by atoms with Crippen molar-refractivity contribution in [1.82, 2.24) is 30.2 Å². The van der Waals surface area contributed by atoms with E-state index in [0.717, 1.165) is 79.8 Å². The van der Waals surface area contributed by atoms with Crippen LogP contribution in [0.4, 0.5) is 17.6 Å². The third kappa shape index (κ3) is 4.95. The van der Waals surface area contributed by atoms with E-state index in [4.69, 9.17) is 15.0 Å². The molecule has 0 saturated carbocycles. The number of hydrogen-bond donors (Lipinski definition) is 3. The predicted molar refractivity (Wildman–Crippen MR) is 142 cm³/mol. The quantitative estimate of drug-likeness (QED) is 0.484. The third-order valence-corrected chi connectivity index (χ3v) is 7.66. The molecule has 10 nitrogen and oxygen atoms in total. The molecule has 2 atom stereocenters. The van der Waals surface area contributed by atoms with Gasteiger partial charge in [-0.2, -0.15) is 0 Å². The number of nitrogens with zero attached hydrogens (tertiary/aromatic N) is 6. The minimum atomic E-state index is -0.661. The number of pyridine rings is 2. The van der Waals surface area contributed by atoms with Gasteiger partial charge in [-0.05, 0) is 56.8 Å². The van der Waals surface area contributed by atoms with Crippen LogP contribution in [0.5, 0.6) is 0 Å². The van der Waals surface area contributed by atoms with Gasteiger partial charge in [0.1, 0.15) is 11.3 Å².